The minimum atomic E-state index is -0.202. The van der Waals surface area contributed by atoms with Crippen molar-refractivity contribution < 1.29 is 14.3 Å². The van der Waals surface area contributed by atoms with E-state index in [1.165, 1.54) is 6.08 Å². The molecule has 1 N–H and O–H groups in total. The van der Waals surface area contributed by atoms with Crippen molar-refractivity contribution in [2.45, 2.75) is 26.7 Å². The molecule has 4 heteroatoms. The van der Waals surface area contributed by atoms with Crippen LogP contribution in [0.15, 0.2) is 48.5 Å². The van der Waals surface area contributed by atoms with Gasteiger partial charge in [0.2, 0.25) is 5.91 Å². The SMILES string of the molecule is CCCCOc1ccc(/C=C/C(=O)Nc2cc(C)ccc2OC)cc1. The molecule has 0 atom stereocenters. The van der Waals surface area contributed by atoms with Crippen LogP contribution in [0.5, 0.6) is 11.5 Å². The van der Waals surface area contributed by atoms with Gasteiger partial charge >= 0.3 is 0 Å². The van der Waals surface area contributed by atoms with Crippen LogP contribution in [0.3, 0.4) is 0 Å². The maximum atomic E-state index is 12.1. The van der Waals surface area contributed by atoms with Gasteiger partial charge in [0.1, 0.15) is 11.5 Å². The second-order valence-electron chi connectivity index (χ2n) is 5.80. The summed E-state index contributed by atoms with van der Waals surface area (Å²) in [6.45, 7) is 4.83. The van der Waals surface area contributed by atoms with E-state index in [9.17, 15) is 4.79 Å². The summed E-state index contributed by atoms with van der Waals surface area (Å²) in [5.74, 6) is 1.28. The molecule has 2 aromatic rings. The third kappa shape index (κ3) is 5.99. The summed E-state index contributed by atoms with van der Waals surface area (Å²) in [7, 11) is 1.58. The van der Waals surface area contributed by atoms with Crippen molar-refractivity contribution >= 4 is 17.7 Å². The first kappa shape index (κ1) is 18.6. The highest BCUT2D eigenvalue weighted by Crippen LogP contribution is 2.25. The zero-order valence-electron chi connectivity index (χ0n) is 15.0. The highest BCUT2D eigenvalue weighted by Gasteiger charge is 2.05. The van der Waals surface area contributed by atoms with Crippen molar-refractivity contribution in [2.24, 2.45) is 0 Å². The summed E-state index contributed by atoms with van der Waals surface area (Å²) in [6, 6.07) is 13.3. The molecule has 0 radical (unpaired) electrons. The topological polar surface area (TPSA) is 47.6 Å². The first-order valence-corrected chi connectivity index (χ1v) is 8.49. The van der Waals surface area contributed by atoms with Crippen molar-refractivity contribution in [1.29, 1.82) is 0 Å². The van der Waals surface area contributed by atoms with E-state index < -0.39 is 0 Å². The molecule has 0 aliphatic rings. The average Bonchev–Trinajstić information content (AvgIpc) is 2.61. The van der Waals surface area contributed by atoms with Gasteiger partial charge in [-0.3, -0.25) is 4.79 Å². The Balaban J connectivity index is 1.95. The van der Waals surface area contributed by atoms with Crippen LogP contribution in [0.1, 0.15) is 30.9 Å². The number of amides is 1. The van der Waals surface area contributed by atoms with E-state index in [2.05, 4.69) is 12.2 Å². The van der Waals surface area contributed by atoms with E-state index in [0.29, 0.717) is 11.4 Å². The van der Waals surface area contributed by atoms with Gasteiger partial charge in [-0.15, -0.1) is 0 Å². The largest absolute Gasteiger partial charge is 0.495 e. The zero-order chi connectivity index (χ0) is 18.1. The number of methoxy groups -OCH3 is 1. The van der Waals surface area contributed by atoms with Crippen LogP contribution < -0.4 is 14.8 Å². The lowest BCUT2D eigenvalue weighted by atomic mass is 10.2. The summed E-state index contributed by atoms with van der Waals surface area (Å²) >= 11 is 0. The number of benzene rings is 2. The fourth-order valence-electron chi connectivity index (χ4n) is 2.28. The molecule has 4 nitrogen and oxygen atoms in total. The summed E-state index contributed by atoms with van der Waals surface area (Å²) in [4.78, 5) is 12.1. The Bertz CT molecular complexity index is 720. The molecule has 0 heterocycles. The maximum Gasteiger partial charge on any atom is 0.248 e. The lowest BCUT2D eigenvalue weighted by Gasteiger charge is -2.09. The number of hydrogen-bond donors (Lipinski definition) is 1. The Kier molecular flexibility index (Phi) is 7.08. The molecule has 25 heavy (non-hydrogen) atoms. The number of hydrogen-bond acceptors (Lipinski definition) is 3. The van der Waals surface area contributed by atoms with Gasteiger partial charge in [0, 0.05) is 6.08 Å². The minimum Gasteiger partial charge on any atom is -0.495 e. The fraction of sp³-hybridized carbons (Fsp3) is 0.286. The summed E-state index contributed by atoms with van der Waals surface area (Å²) in [5.41, 5.74) is 2.66. The van der Waals surface area contributed by atoms with E-state index in [4.69, 9.17) is 9.47 Å². The van der Waals surface area contributed by atoms with Crippen molar-refractivity contribution in [3.63, 3.8) is 0 Å². The molecule has 0 saturated carbocycles. The molecule has 0 unspecified atom stereocenters. The van der Waals surface area contributed by atoms with Gasteiger partial charge in [-0.25, -0.2) is 0 Å². The number of carbonyl (C=O) groups excluding carboxylic acids is 1. The number of unbranched alkanes of at least 4 members (excludes halogenated alkanes) is 1. The summed E-state index contributed by atoms with van der Waals surface area (Å²) in [5, 5.41) is 2.84. The summed E-state index contributed by atoms with van der Waals surface area (Å²) in [6.07, 6.45) is 5.44. The highest BCUT2D eigenvalue weighted by atomic mass is 16.5. The van der Waals surface area contributed by atoms with Crippen LogP contribution in [0.2, 0.25) is 0 Å². The molecule has 0 aliphatic carbocycles. The smallest absolute Gasteiger partial charge is 0.248 e. The molecule has 1 amide bonds. The lowest BCUT2D eigenvalue weighted by Crippen LogP contribution is -2.09. The van der Waals surface area contributed by atoms with E-state index in [0.717, 1.165) is 36.3 Å². The first-order chi connectivity index (χ1) is 12.1. The van der Waals surface area contributed by atoms with Crippen molar-refractivity contribution in [3.8, 4) is 11.5 Å². The van der Waals surface area contributed by atoms with Gasteiger partial charge in [0.25, 0.3) is 0 Å². The van der Waals surface area contributed by atoms with Crippen LogP contribution in [-0.2, 0) is 4.79 Å². The number of nitrogens with one attached hydrogen (secondary N) is 1. The molecular weight excluding hydrogens is 314 g/mol. The Labute approximate surface area is 149 Å². The Hall–Kier alpha value is -2.75. The molecule has 0 bridgehead atoms. The maximum absolute atomic E-state index is 12.1. The average molecular weight is 339 g/mol. The molecule has 0 aliphatic heterocycles. The molecular formula is C21H25NO3. The van der Waals surface area contributed by atoms with Crippen LogP contribution in [0, 0.1) is 6.92 Å². The predicted octanol–water partition coefficient (Wildman–Crippen LogP) is 4.83. The van der Waals surface area contributed by atoms with Gasteiger partial charge in [0.15, 0.2) is 0 Å². The van der Waals surface area contributed by atoms with Gasteiger partial charge in [0.05, 0.1) is 19.4 Å². The molecule has 132 valence electrons. The number of anilines is 1. The van der Waals surface area contributed by atoms with E-state index in [1.54, 1.807) is 13.2 Å². The zero-order valence-corrected chi connectivity index (χ0v) is 15.0. The fourth-order valence-corrected chi connectivity index (χ4v) is 2.28. The quantitative estimate of drug-likeness (QED) is 0.553. The standard InChI is InChI=1S/C21H25NO3/c1-4-5-14-25-18-10-7-17(8-11-18)9-13-21(23)22-19-15-16(2)6-12-20(19)24-3/h6-13,15H,4-5,14H2,1-3H3,(H,22,23)/b13-9+. The number of rotatable bonds is 8. The lowest BCUT2D eigenvalue weighted by molar-refractivity contribution is -0.111. The van der Waals surface area contributed by atoms with Crippen molar-refractivity contribution in [1.82, 2.24) is 0 Å². The predicted molar refractivity (Wildman–Crippen MR) is 102 cm³/mol. The molecule has 2 aromatic carbocycles. The van der Waals surface area contributed by atoms with E-state index in [-0.39, 0.29) is 5.91 Å². The van der Waals surface area contributed by atoms with E-state index in [1.807, 2.05) is 49.4 Å². The second kappa shape index (κ2) is 9.52. The molecule has 0 spiro atoms. The third-order valence-corrected chi connectivity index (χ3v) is 3.69. The second-order valence-corrected chi connectivity index (χ2v) is 5.80. The Morgan fingerprint density at radius 1 is 1.16 bits per heavy atom. The van der Waals surface area contributed by atoms with Gasteiger partial charge < -0.3 is 14.8 Å². The highest BCUT2D eigenvalue weighted by molar-refractivity contribution is 6.02. The van der Waals surface area contributed by atoms with Crippen LogP contribution in [0.4, 0.5) is 5.69 Å². The van der Waals surface area contributed by atoms with Crippen molar-refractivity contribution in [3.05, 3.63) is 59.7 Å². The number of ether oxygens (including phenoxy) is 2. The van der Waals surface area contributed by atoms with Crippen LogP contribution in [-0.4, -0.2) is 19.6 Å². The molecule has 0 saturated heterocycles. The van der Waals surface area contributed by atoms with Crippen LogP contribution >= 0.6 is 0 Å². The number of carbonyl (C=O) groups is 1. The van der Waals surface area contributed by atoms with Gasteiger partial charge in [-0.05, 0) is 54.8 Å². The third-order valence-electron chi connectivity index (χ3n) is 3.69. The Morgan fingerprint density at radius 3 is 2.60 bits per heavy atom. The van der Waals surface area contributed by atoms with Gasteiger partial charge in [-0.1, -0.05) is 31.5 Å². The molecule has 0 fully saturated rings. The molecule has 2 rings (SSSR count). The van der Waals surface area contributed by atoms with E-state index >= 15 is 0 Å². The normalized spacial score (nSPS) is 10.7. The first-order valence-electron chi connectivity index (χ1n) is 8.49. The van der Waals surface area contributed by atoms with Crippen molar-refractivity contribution in [2.75, 3.05) is 19.0 Å². The number of aryl methyl sites for hydroxylation is 1. The van der Waals surface area contributed by atoms with Gasteiger partial charge in [-0.2, -0.15) is 0 Å². The Morgan fingerprint density at radius 2 is 1.92 bits per heavy atom. The monoisotopic (exact) mass is 339 g/mol. The van der Waals surface area contributed by atoms with Crippen LogP contribution in [0.25, 0.3) is 6.08 Å². The summed E-state index contributed by atoms with van der Waals surface area (Å²) < 4.78 is 10.9. The minimum absolute atomic E-state index is 0.202. The molecule has 0 aromatic heterocycles.